The lowest BCUT2D eigenvalue weighted by atomic mass is 10.0. The van der Waals surface area contributed by atoms with Gasteiger partial charge in [-0.1, -0.05) is 6.92 Å². The normalized spacial score (nSPS) is 18.5. The third kappa shape index (κ3) is 6.09. The number of hydrogen-bond acceptors (Lipinski definition) is 4. The number of hydrogen-bond donors (Lipinski definition) is 1. The zero-order valence-corrected chi connectivity index (χ0v) is 12.4. The predicted octanol–water partition coefficient (Wildman–Crippen LogP) is 1.83. The van der Waals surface area contributed by atoms with E-state index >= 15 is 0 Å². The van der Waals surface area contributed by atoms with Gasteiger partial charge in [0.1, 0.15) is 0 Å². The number of rotatable bonds is 8. The molecule has 0 bridgehead atoms. The minimum atomic E-state index is 0.252. The zero-order chi connectivity index (χ0) is 12.6. The Kier molecular flexibility index (Phi) is 7.51. The van der Waals surface area contributed by atoms with Crippen molar-refractivity contribution in [3.8, 4) is 0 Å². The number of ether oxygens (including phenoxy) is 1. The molecule has 102 valence electrons. The largest absolute Gasteiger partial charge is 0.379 e. The Morgan fingerprint density at radius 1 is 1.29 bits per heavy atom. The molecule has 1 N–H and O–H groups in total. The van der Waals surface area contributed by atoms with Gasteiger partial charge in [0.15, 0.2) is 0 Å². The highest BCUT2D eigenvalue weighted by Gasteiger charge is 2.27. The maximum Gasteiger partial charge on any atom is 0.0594 e. The molecule has 0 aromatic carbocycles. The zero-order valence-electron chi connectivity index (χ0n) is 11.6. The van der Waals surface area contributed by atoms with Crippen molar-refractivity contribution in [1.82, 2.24) is 10.2 Å². The summed E-state index contributed by atoms with van der Waals surface area (Å²) in [6, 6.07) is 0. The van der Waals surface area contributed by atoms with Crippen LogP contribution in [-0.2, 0) is 4.74 Å². The van der Waals surface area contributed by atoms with Crippen LogP contribution in [0.4, 0.5) is 0 Å². The number of nitrogens with one attached hydrogen (secondary N) is 1. The van der Waals surface area contributed by atoms with Crippen molar-refractivity contribution in [2.45, 2.75) is 32.7 Å². The molecule has 0 amide bonds. The maximum atomic E-state index is 5.40. The molecule has 0 aliphatic carbocycles. The van der Waals surface area contributed by atoms with Crippen molar-refractivity contribution >= 4 is 11.8 Å². The van der Waals surface area contributed by atoms with Gasteiger partial charge in [-0.05, 0) is 38.3 Å². The Labute approximate surface area is 111 Å². The summed E-state index contributed by atoms with van der Waals surface area (Å²) in [4.78, 5) is 2.53. The first-order chi connectivity index (χ1) is 8.17. The first-order valence-electron chi connectivity index (χ1n) is 6.78. The molecule has 1 fully saturated rings. The summed E-state index contributed by atoms with van der Waals surface area (Å²) >= 11 is 2.03. The molecule has 0 atom stereocenters. The Balaban J connectivity index is 2.10. The quantitative estimate of drug-likeness (QED) is 0.673. The molecular formula is C13H28N2OS. The van der Waals surface area contributed by atoms with Crippen LogP contribution in [0.15, 0.2) is 0 Å². The SMILES string of the molecule is CCSCCCNCC(C)(C)N1CCOCC1. The van der Waals surface area contributed by atoms with E-state index in [1.165, 1.54) is 17.9 Å². The molecule has 0 aromatic rings. The average Bonchev–Trinajstić information content (AvgIpc) is 2.35. The molecule has 1 aliphatic rings. The standard InChI is InChI=1S/C13H28N2OS/c1-4-17-11-5-6-14-12-13(2,3)15-7-9-16-10-8-15/h14H,4-12H2,1-3H3. The predicted molar refractivity (Wildman–Crippen MR) is 77.0 cm³/mol. The monoisotopic (exact) mass is 260 g/mol. The summed E-state index contributed by atoms with van der Waals surface area (Å²) in [5.41, 5.74) is 0.252. The third-order valence-corrected chi connectivity index (χ3v) is 4.26. The van der Waals surface area contributed by atoms with E-state index in [1.807, 2.05) is 11.8 Å². The average molecular weight is 260 g/mol. The molecule has 1 rings (SSSR count). The lowest BCUT2D eigenvalue weighted by Crippen LogP contribution is -2.54. The highest BCUT2D eigenvalue weighted by molar-refractivity contribution is 7.99. The van der Waals surface area contributed by atoms with Crippen LogP contribution in [0.25, 0.3) is 0 Å². The molecule has 1 saturated heterocycles. The Hall–Kier alpha value is 0.230. The van der Waals surface area contributed by atoms with Crippen LogP contribution < -0.4 is 5.32 Å². The first-order valence-corrected chi connectivity index (χ1v) is 7.93. The van der Waals surface area contributed by atoms with Gasteiger partial charge in [0.05, 0.1) is 13.2 Å². The Bertz CT molecular complexity index is 194. The summed E-state index contributed by atoms with van der Waals surface area (Å²) in [7, 11) is 0. The summed E-state index contributed by atoms with van der Waals surface area (Å²) in [5.74, 6) is 2.51. The molecule has 3 nitrogen and oxygen atoms in total. The van der Waals surface area contributed by atoms with Gasteiger partial charge in [0.25, 0.3) is 0 Å². The van der Waals surface area contributed by atoms with Crippen molar-refractivity contribution in [2.24, 2.45) is 0 Å². The van der Waals surface area contributed by atoms with Crippen LogP contribution in [0.1, 0.15) is 27.2 Å². The highest BCUT2D eigenvalue weighted by atomic mass is 32.2. The van der Waals surface area contributed by atoms with Gasteiger partial charge in [-0.15, -0.1) is 0 Å². The van der Waals surface area contributed by atoms with Crippen LogP contribution in [0.3, 0.4) is 0 Å². The smallest absolute Gasteiger partial charge is 0.0594 e. The fraction of sp³-hybridized carbons (Fsp3) is 1.00. The fourth-order valence-corrected chi connectivity index (χ4v) is 2.76. The van der Waals surface area contributed by atoms with E-state index in [1.54, 1.807) is 0 Å². The number of morpholine rings is 1. The minimum absolute atomic E-state index is 0.252. The summed E-state index contributed by atoms with van der Waals surface area (Å²) in [6.45, 7) is 13.0. The molecule has 0 aromatic heterocycles. The second-order valence-electron chi connectivity index (χ2n) is 5.14. The van der Waals surface area contributed by atoms with E-state index in [0.717, 1.165) is 39.4 Å². The van der Waals surface area contributed by atoms with Crippen molar-refractivity contribution in [1.29, 1.82) is 0 Å². The van der Waals surface area contributed by atoms with Gasteiger partial charge < -0.3 is 10.1 Å². The van der Waals surface area contributed by atoms with Crippen molar-refractivity contribution in [3.05, 3.63) is 0 Å². The van der Waals surface area contributed by atoms with E-state index in [4.69, 9.17) is 4.74 Å². The van der Waals surface area contributed by atoms with E-state index in [9.17, 15) is 0 Å². The highest BCUT2D eigenvalue weighted by Crippen LogP contribution is 2.15. The minimum Gasteiger partial charge on any atom is -0.379 e. The summed E-state index contributed by atoms with van der Waals surface area (Å²) < 4.78 is 5.40. The third-order valence-electron chi connectivity index (χ3n) is 3.27. The van der Waals surface area contributed by atoms with Crippen molar-refractivity contribution in [3.63, 3.8) is 0 Å². The van der Waals surface area contributed by atoms with E-state index in [2.05, 4.69) is 31.0 Å². The topological polar surface area (TPSA) is 24.5 Å². The molecule has 17 heavy (non-hydrogen) atoms. The van der Waals surface area contributed by atoms with Gasteiger partial charge in [0.2, 0.25) is 0 Å². The van der Waals surface area contributed by atoms with E-state index < -0.39 is 0 Å². The van der Waals surface area contributed by atoms with Crippen LogP contribution in [0.5, 0.6) is 0 Å². The Morgan fingerprint density at radius 2 is 2.00 bits per heavy atom. The second-order valence-corrected chi connectivity index (χ2v) is 6.53. The molecule has 4 heteroatoms. The van der Waals surface area contributed by atoms with Crippen LogP contribution in [-0.4, -0.2) is 61.3 Å². The van der Waals surface area contributed by atoms with Gasteiger partial charge in [0, 0.05) is 25.2 Å². The second kappa shape index (κ2) is 8.35. The maximum absolute atomic E-state index is 5.40. The molecule has 1 aliphatic heterocycles. The van der Waals surface area contributed by atoms with Crippen molar-refractivity contribution in [2.75, 3.05) is 50.9 Å². The summed E-state index contributed by atoms with van der Waals surface area (Å²) in [6.07, 6.45) is 1.28. The van der Waals surface area contributed by atoms with Crippen molar-refractivity contribution < 1.29 is 4.74 Å². The first kappa shape index (κ1) is 15.3. The molecule has 0 unspecified atom stereocenters. The fourth-order valence-electron chi connectivity index (χ4n) is 2.12. The molecule has 0 saturated carbocycles. The van der Waals surface area contributed by atoms with Crippen LogP contribution in [0.2, 0.25) is 0 Å². The van der Waals surface area contributed by atoms with E-state index in [-0.39, 0.29) is 5.54 Å². The van der Waals surface area contributed by atoms with Gasteiger partial charge in [-0.25, -0.2) is 0 Å². The summed E-state index contributed by atoms with van der Waals surface area (Å²) in [5, 5.41) is 3.59. The molecule has 0 radical (unpaired) electrons. The molecular weight excluding hydrogens is 232 g/mol. The Morgan fingerprint density at radius 3 is 2.65 bits per heavy atom. The molecule has 0 spiro atoms. The van der Waals surface area contributed by atoms with Gasteiger partial charge >= 0.3 is 0 Å². The number of thioether (sulfide) groups is 1. The van der Waals surface area contributed by atoms with E-state index in [0.29, 0.717) is 0 Å². The van der Waals surface area contributed by atoms with Gasteiger partial charge in [-0.2, -0.15) is 11.8 Å². The number of nitrogens with zero attached hydrogens (tertiary/aromatic N) is 1. The van der Waals surface area contributed by atoms with Gasteiger partial charge in [-0.3, -0.25) is 4.90 Å². The molecule has 1 heterocycles. The lowest BCUT2D eigenvalue weighted by Gasteiger charge is -2.41. The van der Waals surface area contributed by atoms with Crippen LogP contribution in [0, 0.1) is 0 Å². The lowest BCUT2D eigenvalue weighted by molar-refractivity contribution is -0.00950. The van der Waals surface area contributed by atoms with Crippen LogP contribution >= 0.6 is 11.8 Å².